The Hall–Kier alpha value is -0.380. The van der Waals surface area contributed by atoms with Crippen LogP contribution in [0.2, 0.25) is 0 Å². The fraction of sp³-hybridized carbons (Fsp3) is 0.800. The molecule has 0 aromatic rings. The second-order valence-corrected chi connectivity index (χ2v) is 4.02. The van der Waals surface area contributed by atoms with Crippen LogP contribution in [0.3, 0.4) is 0 Å². The predicted octanol–water partition coefficient (Wildman–Crippen LogP) is -1.52. The minimum atomic E-state index is -4.55. The van der Waals surface area contributed by atoms with Crippen LogP contribution in [-0.2, 0) is 9.36 Å². The van der Waals surface area contributed by atoms with Gasteiger partial charge in [-0.25, -0.2) is 0 Å². The van der Waals surface area contributed by atoms with E-state index < -0.39 is 13.9 Å². The van der Waals surface area contributed by atoms with Gasteiger partial charge in [0.05, 0.1) is 0 Å². The van der Waals surface area contributed by atoms with Crippen molar-refractivity contribution in [3.05, 3.63) is 0 Å². The minimum Gasteiger partial charge on any atom is -0.810 e. The van der Waals surface area contributed by atoms with Gasteiger partial charge in [-0.15, -0.1) is 0 Å². The highest BCUT2D eigenvalue weighted by molar-refractivity contribution is 7.48. The lowest BCUT2D eigenvalue weighted by Gasteiger charge is -2.33. The standard InChI is InChI=1S/C5H10NO4P/c7-5-2-1-3-6(5)4-11(8,9)10/h1-4H2,(H2,8,9,10)/p-2. The predicted molar refractivity (Wildman–Crippen MR) is 33.4 cm³/mol. The van der Waals surface area contributed by atoms with E-state index in [9.17, 15) is 19.1 Å². The summed E-state index contributed by atoms with van der Waals surface area (Å²) in [6.07, 6.45) is 0.366. The Morgan fingerprint density at radius 1 is 1.55 bits per heavy atom. The molecule has 0 aromatic heterocycles. The Balaban J connectivity index is 2.50. The molecule has 0 radical (unpaired) electrons. The number of carbonyl (C=O) groups is 1. The number of rotatable bonds is 2. The first-order valence-corrected chi connectivity index (χ1v) is 5.01. The van der Waals surface area contributed by atoms with Gasteiger partial charge in [-0.3, -0.25) is 4.79 Å². The Kier molecular flexibility index (Phi) is 2.32. The van der Waals surface area contributed by atoms with Gasteiger partial charge >= 0.3 is 0 Å². The molecule has 0 saturated carbocycles. The number of likely N-dealkylation sites (tertiary alicyclic amines) is 1. The number of carbonyl (C=O) groups excluding carboxylic acids is 1. The summed E-state index contributed by atoms with van der Waals surface area (Å²) in [5.41, 5.74) is 0. The third-order valence-electron chi connectivity index (χ3n) is 1.52. The van der Waals surface area contributed by atoms with E-state index in [1.165, 1.54) is 0 Å². The van der Waals surface area contributed by atoms with Crippen molar-refractivity contribution in [3.8, 4) is 0 Å². The summed E-state index contributed by atoms with van der Waals surface area (Å²) in [6, 6.07) is 0. The molecule has 1 aliphatic rings. The lowest BCUT2D eigenvalue weighted by atomic mass is 10.4. The zero-order valence-electron chi connectivity index (χ0n) is 5.86. The molecule has 1 heterocycles. The van der Waals surface area contributed by atoms with Crippen molar-refractivity contribution in [2.75, 3.05) is 12.8 Å². The summed E-state index contributed by atoms with van der Waals surface area (Å²) < 4.78 is 10.2. The molecule has 0 aliphatic carbocycles. The lowest BCUT2D eigenvalue weighted by molar-refractivity contribution is -0.315. The summed E-state index contributed by atoms with van der Waals surface area (Å²) in [6.45, 7) is 0.396. The summed E-state index contributed by atoms with van der Waals surface area (Å²) >= 11 is 0. The average molecular weight is 177 g/mol. The van der Waals surface area contributed by atoms with Gasteiger partial charge in [-0.05, 0) is 14.0 Å². The van der Waals surface area contributed by atoms with Crippen molar-refractivity contribution in [3.63, 3.8) is 0 Å². The van der Waals surface area contributed by atoms with E-state index in [2.05, 4.69) is 0 Å². The molecule has 1 fully saturated rings. The topological polar surface area (TPSA) is 83.5 Å². The molecule has 64 valence electrons. The fourth-order valence-corrected chi connectivity index (χ4v) is 1.78. The van der Waals surface area contributed by atoms with Gasteiger partial charge in [0.2, 0.25) is 5.91 Å². The second kappa shape index (κ2) is 2.93. The van der Waals surface area contributed by atoms with E-state index in [-0.39, 0.29) is 5.91 Å². The van der Waals surface area contributed by atoms with E-state index in [0.29, 0.717) is 19.4 Å². The Morgan fingerprint density at radius 3 is 2.55 bits per heavy atom. The molecular formula is C5H8NO4P-2. The van der Waals surface area contributed by atoms with Crippen LogP contribution < -0.4 is 9.79 Å². The second-order valence-electron chi connectivity index (χ2n) is 2.51. The molecule has 0 unspecified atom stereocenters. The van der Waals surface area contributed by atoms with E-state index in [4.69, 9.17) is 0 Å². The molecule has 0 atom stereocenters. The highest BCUT2D eigenvalue weighted by Gasteiger charge is 2.19. The quantitative estimate of drug-likeness (QED) is 0.479. The molecular weight excluding hydrogens is 169 g/mol. The maximum atomic E-state index is 10.8. The summed E-state index contributed by atoms with van der Waals surface area (Å²) in [4.78, 5) is 32.3. The van der Waals surface area contributed by atoms with E-state index in [0.717, 1.165) is 4.90 Å². The molecule has 0 N–H and O–H groups in total. The minimum absolute atomic E-state index is 0.239. The van der Waals surface area contributed by atoms with Crippen LogP contribution in [0.25, 0.3) is 0 Å². The molecule has 5 nitrogen and oxygen atoms in total. The van der Waals surface area contributed by atoms with Crippen LogP contribution in [0.1, 0.15) is 12.8 Å². The molecule has 0 bridgehead atoms. The van der Waals surface area contributed by atoms with Gasteiger partial charge in [-0.1, -0.05) is 0 Å². The molecule has 11 heavy (non-hydrogen) atoms. The lowest BCUT2D eigenvalue weighted by Crippen LogP contribution is -2.32. The first-order chi connectivity index (χ1) is 4.99. The zero-order chi connectivity index (χ0) is 8.48. The summed E-state index contributed by atoms with van der Waals surface area (Å²) in [5.74, 6) is -0.239. The smallest absolute Gasteiger partial charge is 0.222 e. The van der Waals surface area contributed by atoms with Crippen molar-refractivity contribution in [1.29, 1.82) is 0 Å². The van der Waals surface area contributed by atoms with Gasteiger partial charge in [0, 0.05) is 19.3 Å². The third kappa shape index (κ3) is 2.61. The summed E-state index contributed by atoms with van der Waals surface area (Å²) in [7, 11) is -4.55. The van der Waals surface area contributed by atoms with Crippen molar-refractivity contribution in [2.24, 2.45) is 0 Å². The number of hydrogen-bond acceptors (Lipinski definition) is 4. The first-order valence-electron chi connectivity index (χ1n) is 3.28. The Bertz CT molecular complexity index is 211. The van der Waals surface area contributed by atoms with E-state index >= 15 is 0 Å². The maximum Gasteiger partial charge on any atom is 0.222 e. The van der Waals surface area contributed by atoms with Crippen molar-refractivity contribution >= 4 is 13.5 Å². The number of amides is 1. The largest absolute Gasteiger partial charge is 0.810 e. The molecule has 1 amide bonds. The average Bonchev–Trinajstić information content (AvgIpc) is 2.12. The summed E-state index contributed by atoms with van der Waals surface area (Å²) in [5, 5.41) is 0. The van der Waals surface area contributed by atoms with Crippen LogP contribution in [0.4, 0.5) is 0 Å². The number of hydrogen-bond donors (Lipinski definition) is 0. The van der Waals surface area contributed by atoms with Crippen molar-refractivity contribution in [1.82, 2.24) is 4.90 Å². The van der Waals surface area contributed by atoms with E-state index in [1.54, 1.807) is 0 Å². The highest BCUT2D eigenvalue weighted by atomic mass is 31.2. The van der Waals surface area contributed by atoms with Gasteiger partial charge in [0.15, 0.2) is 0 Å². The fourth-order valence-electron chi connectivity index (χ4n) is 1.06. The maximum absolute atomic E-state index is 10.8. The van der Waals surface area contributed by atoms with Gasteiger partial charge < -0.3 is 19.3 Å². The Labute approximate surface area is 64.2 Å². The highest BCUT2D eigenvalue weighted by Crippen LogP contribution is 2.26. The van der Waals surface area contributed by atoms with Crippen LogP contribution in [0, 0.1) is 0 Å². The van der Waals surface area contributed by atoms with Crippen molar-refractivity contribution < 1.29 is 19.1 Å². The third-order valence-corrected chi connectivity index (χ3v) is 2.20. The van der Waals surface area contributed by atoms with E-state index in [1.807, 2.05) is 0 Å². The van der Waals surface area contributed by atoms with Crippen LogP contribution in [-0.4, -0.2) is 23.6 Å². The first kappa shape index (κ1) is 8.71. The molecule has 6 heteroatoms. The zero-order valence-corrected chi connectivity index (χ0v) is 6.75. The van der Waals surface area contributed by atoms with Gasteiger partial charge in [-0.2, -0.15) is 0 Å². The van der Waals surface area contributed by atoms with Crippen molar-refractivity contribution in [2.45, 2.75) is 12.8 Å². The van der Waals surface area contributed by atoms with Gasteiger partial charge in [0.25, 0.3) is 0 Å². The monoisotopic (exact) mass is 177 g/mol. The van der Waals surface area contributed by atoms with Crippen LogP contribution in [0.15, 0.2) is 0 Å². The SMILES string of the molecule is O=C1CCCN1CP(=O)([O-])[O-]. The molecule has 0 aromatic carbocycles. The van der Waals surface area contributed by atoms with Crippen LogP contribution >= 0.6 is 7.60 Å². The van der Waals surface area contributed by atoms with Crippen LogP contribution in [0.5, 0.6) is 0 Å². The molecule has 0 spiro atoms. The normalized spacial score (nSPS) is 19.5. The molecule has 1 aliphatic heterocycles. The van der Waals surface area contributed by atoms with Gasteiger partial charge in [0.1, 0.15) is 0 Å². The number of nitrogens with zero attached hydrogens (tertiary/aromatic N) is 1. The molecule has 1 rings (SSSR count). The Morgan fingerprint density at radius 2 is 2.18 bits per heavy atom. The molecule has 1 saturated heterocycles.